The van der Waals surface area contributed by atoms with Crippen molar-refractivity contribution >= 4 is 17.4 Å². The highest BCUT2D eigenvalue weighted by Crippen LogP contribution is 2.26. The molecule has 1 heterocycles. The summed E-state index contributed by atoms with van der Waals surface area (Å²) in [5.74, 6) is 0.554. The largest absolute Gasteiger partial charge is 0.335 e. The predicted molar refractivity (Wildman–Crippen MR) is 81.3 cm³/mol. The van der Waals surface area contributed by atoms with E-state index in [-0.39, 0.29) is 17.8 Å². The van der Waals surface area contributed by atoms with E-state index in [4.69, 9.17) is 0 Å². The van der Waals surface area contributed by atoms with E-state index in [2.05, 4.69) is 21.5 Å². The van der Waals surface area contributed by atoms with Crippen molar-refractivity contribution in [3.05, 3.63) is 34.4 Å². The van der Waals surface area contributed by atoms with Crippen LogP contribution in [0.1, 0.15) is 19.3 Å². The van der Waals surface area contributed by atoms with E-state index >= 15 is 0 Å². The van der Waals surface area contributed by atoms with Crippen LogP contribution in [0, 0.1) is 16.0 Å². The zero-order chi connectivity index (χ0) is 15.5. The second kappa shape index (κ2) is 6.29. The van der Waals surface area contributed by atoms with Gasteiger partial charge in [0.1, 0.15) is 0 Å². The van der Waals surface area contributed by atoms with Gasteiger partial charge in [-0.15, -0.1) is 0 Å². The van der Waals surface area contributed by atoms with Crippen molar-refractivity contribution in [2.24, 2.45) is 5.92 Å². The van der Waals surface area contributed by atoms with Crippen LogP contribution < -0.4 is 21.5 Å². The van der Waals surface area contributed by atoms with Crippen LogP contribution in [0.2, 0.25) is 0 Å². The molecular formula is C14H19N5O3. The van der Waals surface area contributed by atoms with Gasteiger partial charge in [-0.25, -0.2) is 4.79 Å². The molecule has 0 bridgehead atoms. The number of hydrazine groups is 1. The molecule has 2 amide bonds. The molecule has 22 heavy (non-hydrogen) atoms. The Balaban J connectivity index is 1.50. The molecule has 8 nitrogen and oxygen atoms in total. The Labute approximate surface area is 127 Å². The van der Waals surface area contributed by atoms with Crippen LogP contribution in [0.5, 0.6) is 0 Å². The Hall–Kier alpha value is -2.19. The summed E-state index contributed by atoms with van der Waals surface area (Å²) in [5, 5.41) is 16.3. The van der Waals surface area contributed by atoms with Crippen molar-refractivity contribution in [1.29, 1.82) is 0 Å². The fourth-order valence-corrected chi connectivity index (χ4v) is 3.15. The maximum atomic E-state index is 12.0. The van der Waals surface area contributed by atoms with Crippen molar-refractivity contribution < 1.29 is 9.72 Å². The van der Waals surface area contributed by atoms with Crippen LogP contribution in [-0.2, 0) is 0 Å². The Bertz CT molecular complexity index is 562. The first kappa shape index (κ1) is 14.7. The summed E-state index contributed by atoms with van der Waals surface area (Å²) in [6.07, 6.45) is 2.95. The SMILES string of the molecule is O=C(Nc1ccc([N+](=O)[O-])cc1)NC1CCC2NNCC2C1. The van der Waals surface area contributed by atoms with Gasteiger partial charge in [0.25, 0.3) is 5.69 Å². The number of urea groups is 1. The van der Waals surface area contributed by atoms with Gasteiger partial charge in [0.05, 0.1) is 4.92 Å². The molecule has 0 spiro atoms. The van der Waals surface area contributed by atoms with Gasteiger partial charge in [0.15, 0.2) is 0 Å². The average Bonchev–Trinajstić information content (AvgIpc) is 2.95. The van der Waals surface area contributed by atoms with E-state index < -0.39 is 4.92 Å². The third-order valence-corrected chi connectivity index (χ3v) is 4.31. The van der Waals surface area contributed by atoms with E-state index in [0.717, 1.165) is 25.8 Å². The van der Waals surface area contributed by atoms with E-state index in [9.17, 15) is 14.9 Å². The van der Waals surface area contributed by atoms with Gasteiger partial charge in [-0.05, 0) is 37.3 Å². The number of hydrogen-bond acceptors (Lipinski definition) is 5. The number of non-ortho nitro benzene ring substituents is 1. The molecule has 1 aliphatic carbocycles. The number of nitrogens with zero attached hydrogens (tertiary/aromatic N) is 1. The van der Waals surface area contributed by atoms with Crippen LogP contribution >= 0.6 is 0 Å². The summed E-state index contributed by atoms with van der Waals surface area (Å²) >= 11 is 0. The van der Waals surface area contributed by atoms with Crippen molar-refractivity contribution in [2.45, 2.75) is 31.3 Å². The van der Waals surface area contributed by atoms with Gasteiger partial charge in [-0.3, -0.25) is 21.0 Å². The fourth-order valence-electron chi connectivity index (χ4n) is 3.15. The molecule has 4 N–H and O–H groups in total. The maximum absolute atomic E-state index is 12.0. The summed E-state index contributed by atoms with van der Waals surface area (Å²) in [7, 11) is 0. The number of nitro groups is 1. The predicted octanol–water partition coefficient (Wildman–Crippen LogP) is 1.36. The summed E-state index contributed by atoms with van der Waals surface area (Å²) in [6, 6.07) is 6.21. The number of rotatable bonds is 3. The molecule has 3 rings (SSSR count). The molecule has 8 heteroatoms. The number of amides is 2. The number of hydrogen-bond donors (Lipinski definition) is 4. The minimum Gasteiger partial charge on any atom is -0.335 e. The van der Waals surface area contributed by atoms with Gasteiger partial charge in [0, 0.05) is 36.4 Å². The fraction of sp³-hybridized carbons (Fsp3) is 0.500. The molecule has 118 valence electrons. The van der Waals surface area contributed by atoms with E-state index in [0.29, 0.717) is 17.6 Å². The number of nitro benzene ring substituents is 1. The molecule has 3 atom stereocenters. The lowest BCUT2D eigenvalue weighted by molar-refractivity contribution is -0.384. The summed E-state index contributed by atoms with van der Waals surface area (Å²) < 4.78 is 0. The van der Waals surface area contributed by atoms with Crippen molar-refractivity contribution in [3.8, 4) is 0 Å². The van der Waals surface area contributed by atoms with Gasteiger partial charge in [-0.2, -0.15) is 0 Å². The molecule has 1 aliphatic heterocycles. The summed E-state index contributed by atoms with van der Waals surface area (Å²) in [6.45, 7) is 0.937. The molecule has 0 aromatic heterocycles. The normalized spacial score (nSPS) is 27.0. The molecule has 2 fully saturated rings. The smallest absolute Gasteiger partial charge is 0.319 e. The highest BCUT2D eigenvalue weighted by atomic mass is 16.6. The standard InChI is InChI=1S/C14H19N5O3/c20-14(16-10-1-4-12(5-2-10)19(21)22)17-11-3-6-13-9(7-11)8-15-18-13/h1-2,4-5,9,11,13,15,18H,3,6-8H2,(H2,16,17,20). The minimum atomic E-state index is -0.466. The zero-order valence-corrected chi connectivity index (χ0v) is 12.0. The summed E-state index contributed by atoms with van der Waals surface area (Å²) in [4.78, 5) is 22.1. The second-order valence-corrected chi connectivity index (χ2v) is 5.80. The molecular weight excluding hydrogens is 286 g/mol. The summed E-state index contributed by atoms with van der Waals surface area (Å²) in [5.41, 5.74) is 6.96. The highest BCUT2D eigenvalue weighted by molar-refractivity contribution is 5.89. The van der Waals surface area contributed by atoms with Crippen LogP contribution in [-0.4, -0.2) is 29.6 Å². The van der Waals surface area contributed by atoms with E-state index in [1.165, 1.54) is 24.3 Å². The van der Waals surface area contributed by atoms with Gasteiger partial charge in [-0.1, -0.05) is 0 Å². The number of carbonyl (C=O) groups is 1. The van der Waals surface area contributed by atoms with Crippen LogP contribution in [0.4, 0.5) is 16.2 Å². The van der Waals surface area contributed by atoms with Crippen LogP contribution in [0.25, 0.3) is 0 Å². The van der Waals surface area contributed by atoms with E-state index in [1.54, 1.807) is 0 Å². The Kier molecular flexibility index (Phi) is 4.21. The van der Waals surface area contributed by atoms with Crippen molar-refractivity contribution in [2.75, 3.05) is 11.9 Å². The molecule has 1 saturated carbocycles. The molecule has 0 radical (unpaired) electrons. The Morgan fingerprint density at radius 3 is 2.77 bits per heavy atom. The number of nitrogens with one attached hydrogen (secondary N) is 4. The number of anilines is 1. The lowest BCUT2D eigenvalue weighted by atomic mass is 9.83. The van der Waals surface area contributed by atoms with Gasteiger partial charge in [0.2, 0.25) is 0 Å². The topological polar surface area (TPSA) is 108 Å². The first-order chi connectivity index (χ1) is 10.6. The third kappa shape index (κ3) is 3.34. The molecule has 1 saturated heterocycles. The van der Waals surface area contributed by atoms with Crippen molar-refractivity contribution in [3.63, 3.8) is 0 Å². The second-order valence-electron chi connectivity index (χ2n) is 5.80. The van der Waals surface area contributed by atoms with Crippen LogP contribution in [0.3, 0.4) is 0 Å². The number of fused-ring (bicyclic) bond motifs is 1. The molecule has 1 aromatic rings. The van der Waals surface area contributed by atoms with E-state index in [1.807, 2.05) is 0 Å². The van der Waals surface area contributed by atoms with Crippen molar-refractivity contribution in [1.82, 2.24) is 16.2 Å². The highest BCUT2D eigenvalue weighted by Gasteiger charge is 2.34. The number of benzene rings is 1. The zero-order valence-electron chi connectivity index (χ0n) is 12.0. The Morgan fingerprint density at radius 2 is 2.05 bits per heavy atom. The lowest BCUT2D eigenvalue weighted by Crippen LogP contribution is -2.45. The minimum absolute atomic E-state index is 0.00511. The molecule has 2 aliphatic rings. The first-order valence-corrected chi connectivity index (χ1v) is 7.42. The molecule has 1 aromatic carbocycles. The van der Waals surface area contributed by atoms with Crippen LogP contribution in [0.15, 0.2) is 24.3 Å². The third-order valence-electron chi connectivity index (χ3n) is 4.31. The van der Waals surface area contributed by atoms with Gasteiger partial charge >= 0.3 is 6.03 Å². The average molecular weight is 305 g/mol. The quantitative estimate of drug-likeness (QED) is 0.498. The number of carbonyl (C=O) groups excluding carboxylic acids is 1. The molecule has 3 unspecified atom stereocenters. The Morgan fingerprint density at radius 1 is 1.27 bits per heavy atom. The first-order valence-electron chi connectivity index (χ1n) is 7.42. The lowest BCUT2D eigenvalue weighted by Gasteiger charge is -2.31. The monoisotopic (exact) mass is 305 g/mol. The van der Waals surface area contributed by atoms with Gasteiger partial charge < -0.3 is 10.6 Å². The maximum Gasteiger partial charge on any atom is 0.319 e.